The predicted octanol–water partition coefficient (Wildman–Crippen LogP) is 1.04. The highest BCUT2D eigenvalue weighted by atomic mass is 79.9. The Hall–Kier alpha value is -1.36. The molecule has 0 aromatic carbocycles. The summed E-state index contributed by atoms with van der Waals surface area (Å²) < 4.78 is 2.39. The van der Waals surface area contributed by atoms with Crippen molar-refractivity contribution in [2.24, 2.45) is 0 Å². The third kappa shape index (κ3) is 1.31. The molecule has 0 aliphatic carbocycles. The third-order valence-electron chi connectivity index (χ3n) is 1.69. The fourth-order valence-electron chi connectivity index (χ4n) is 1.12. The minimum absolute atomic E-state index is 0.329. The summed E-state index contributed by atoms with van der Waals surface area (Å²) in [6, 6.07) is 4.92. The van der Waals surface area contributed by atoms with Crippen LogP contribution in [0.15, 0.2) is 33.7 Å². The largest absolute Gasteiger partial charge is 0.385 e. The Balaban J connectivity index is 3.03. The molecular weight excluding hydrogens is 234 g/mol. The molecule has 4 nitrogen and oxygen atoms in total. The lowest BCUT2D eigenvalue weighted by Gasteiger charge is -2.03. The molecule has 0 bridgehead atoms. The Morgan fingerprint density at radius 1 is 1.54 bits per heavy atom. The number of nitrogens with two attached hydrogens (primary N) is 1. The van der Waals surface area contributed by atoms with Crippen LogP contribution in [0, 0.1) is 0 Å². The molecule has 2 N–H and O–H groups in total. The van der Waals surface area contributed by atoms with Gasteiger partial charge >= 0.3 is 0 Å². The normalized spacial score (nSPS) is 10.5. The number of halogens is 1. The van der Waals surface area contributed by atoms with Gasteiger partial charge in [0.05, 0.1) is 4.47 Å². The van der Waals surface area contributed by atoms with E-state index in [1.165, 1.54) is 6.07 Å². The molecule has 0 radical (unpaired) electrons. The zero-order valence-corrected chi connectivity index (χ0v) is 8.15. The lowest BCUT2D eigenvalue weighted by molar-refractivity contribution is 1.08. The molecular formula is C8H6BrN3O. The van der Waals surface area contributed by atoms with E-state index in [9.17, 15) is 4.79 Å². The SMILES string of the molecule is Nc1cc(=O)nc2c(Br)cccn12. The summed E-state index contributed by atoms with van der Waals surface area (Å²) in [5, 5.41) is 0. The number of fused-ring (bicyclic) bond motifs is 1. The standard InChI is InChI=1S/C8H6BrN3O/c9-5-2-1-3-12-6(10)4-7(13)11-8(5)12/h1-4H,10H2. The summed E-state index contributed by atoms with van der Waals surface area (Å²) >= 11 is 3.29. The maximum atomic E-state index is 11.0. The molecule has 2 rings (SSSR count). The van der Waals surface area contributed by atoms with Gasteiger partial charge in [-0.1, -0.05) is 0 Å². The monoisotopic (exact) mass is 239 g/mol. The van der Waals surface area contributed by atoms with Crippen molar-refractivity contribution in [1.29, 1.82) is 0 Å². The van der Waals surface area contributed by atoms with Gasteiger partial charge in [-0.3, -0.25) is 9.20 Å². The summed E-state index contributed by atoms with van der Waals surface area (Å²) in [4.78, 5) is 14.8. The first-order valence-electron chi connectivity index (χ1n) is 3.62. The van der Waals surface area contributed by atoms with Crippen LogP contribution < -0.4 is 11.3 Å². The maximum absolute atomic E-state index is 11.0. The van der Waals surface area contributed by atoms with Crippen LogP contribution in [-0.4, -0.2) is 9.38 Å². The number of pyridine rings is 1. The second-order valence-corrected chi connectivity index (χ2v) is 3.42. The molecule has 5 heteroatoms. The van der Waals surface area contributed by atoms with Crippen molar-refractivity contribution in [2.45, 2.75) is 0 Å². The number of hydrogen-bond acceptors (Lipinski definition) is 3. The van der Waals surface area contributed by atoms with Gasteiger partial charge < -0.3 is 5.73 Å². The first-order chi connectivity index (χ1) is 6.18. The molecule has 66 valence electrons. The molecule has 0 spiro atoms. The first-order valence-corrected chi connectivity index (χ1v) is 4.41. The van der Waals surface area contributed by atoms with Crippen molar-refractivity contribution >= 4 is 27.4 Å². The topological polar surface area (TPSA) is 60.4 Å². The van der Waals surface area contributed by atoms with Crippen LogP contribution in [0.3, 0.4) is 0 Å². The molecule has 13 heavy (non-hydrogen) atoms. The number of aromatic nitrogens is 2. The van der Waals surface area contributed by atoms with Crippen molar-refractivity contribution in [3.8, 4) is 0 Å². The lowest BCUT2D eigenvalue weighted by Crippen LogP contribution is -2.11. The van der Waals surface area contributed by atoms with E-state index < -0.39 is 0 Å². The fraction of sp³-hybridized carbons (Fsp3) is 0. The van der Waals surface area contributed by atoms with Gasteiger partial charge in [0.2, 0.25) is 0 Å². The number of anilines is 1. The molecule has 0 aliphatic heterocycles. The quantitative estimate of drug-likeness (QED) is 0.748. The summed E-state index contributed by atoms with van der Waals surface area (Å²) in [6.45, 7) is 0. The van der Waals surface area contributed by atoms with E-state index in [0.29, 0.717) is 11.5 Å². The van der Waals surface area contributed by atoms with E-state index in [0.717, 1.165) is 4.47 Å². The first kappa shape index (κ1) is 8.25. The Morgan fingerprint density at radius 2 is 2.31 bits per heavy atom. The van der Waals surface area contributed by atoms with Crippen molar-refractivity contribution in [1.82, 2.24) is 9.38 Å². The van der Waals surface area contributed by atoms with Crippen molar-refractivity contribution in [3.63, 3.8) is 0 Å². The van der Waals surface area contributed by atoms with E-state index in [1.807, 2.05) is 6.07 Å². The highest BCUT2D eigenvalue weighted by Gasteiger charge is 2.01. The second kappa shape index (κ2) is 2.85. The Labute approximate surface area is 82.1 Å². The van der Waals surface area contributed by atoms with E-state index in [4.69, 9.17) is 5.73 Å². The van der Waals surface area contributed by atoms with Crippen LogP contribution in [-0.2, 0) is 0 Å². The van der Waals surface area contributed by atoms with Crippen LogP contribution in [0.1, 0.15) is 0 Å². The minimum atomic E-state index is -0.329. The minimum Gasteiger partial charge on any atom is -0.385 e. The number of hydrogen-bond donors (Lipinski definition) is 1. The summed E-state index contributed by atoms with van der Waals surface area (Å²) in [5.41, 5.74) is 5.83. The van der Waals surface area contributed by atoms with Crippen molar-refractivity contribution in [2.75, 3.05) is 5.73 Å². The van der Waals surface area contributed by atoms with Gasteiger partial charge in [-0.15, -0.1) is 0 Å². The van der Waals surface area contributed by atoms with Crippen LogP contribution in [0.4, 0.5) is 5.82 Å². The smallest absolute Gasteiger partial charge is 0.275 e. The lowest BCUT2D eigenvalue weighted by atomic mass is 10.4. The van der Waals surface area contributed by atoms with Gasteiger partial charge in [0.1, 0.15) is 5.82 Å². The average Bonchev–Trinajstić information content (AvgIpc) is 2.07. The number of nitrogen functional groups attached to an aromatic ring is 1. The number of nitrogens with zero attached hydrogens (tertiary/aromatic N) is 2. The zero-order chi connectivity index (χ0) is 9.42. The van der Waals surface area contributed by atoms with Gasteiger partial charge in [0, 0.05) is 12.3 Å². The van der Waals surface area contributed by atoms with Gasteiger partial charge in [-0.2, -0.15) is 4.98 Å². The molecule has 0 amide bonds. The molecule has 0 unspecified atom stereocenters. The number of rotatable bonds is 0. The van der Waals surface area contributed by atoms with Gasteiger partial charge in [-0.05, 0) is 28.1 Å². The highest BCUT2D eigenvalue weighted by molar-refractivity contribution is 9.10. The van der Waals surface area contributed by atoms with E-state index in [1.54, 1.807) is 16.7 Å². The van der Waals surface area contributed by atoms with Gasteiger partial charge in [0.25, 0.3) is 5.56 Å². The summed E-state index contributed by atoms with van der Waals surface area (Å²) in [6.07, 6.45) is 1.75. The van der Waals surface area contributed by atoms with Crippen molar-refractivity contribution in [3.05, 3.63) is 39.2 Å². The van der Waals surface area contributed by atoms with Crippen LogP contribution in [0.5, 0.6) is 0 Å². The second-order valence-electron chi connectivity index (χ2n) is 2.57. The molecule has 0 saturated carbocycles. The highest BCUT2D eigenvalue weighted by Crippen LogP contribution is 2.15. The maximum Gasteiger partial charge on any atom is 0.275 e. The summed E-state index contributed by atoms with van der Waals surface area (Å²) in [7, 11) is 0. The van der Waals surface area contributed by atoms with E-state index >= 15 is 0 Å². The van der Waals surface area contributed by atoms with Crippen LogP contribution in [0.2, 0.25) is 0 Å². The Morgan fingerprint density at radius 3 is 3.08 bits per heavy atom. The van der Waals surface area contributed by atoms with E-state index in [-0.39, 0.29) is 5.56 Å². The van der Waals surface area contributed by atoms with E-state index in [2.05, 4.69) is 20.9 Å². The molecule has 2 heterocycles. The fourth-order valence-corrected chi connectivity index (χ4v) is 1.55. The average molecular weight is 240 g/mol. The third-order valence-corrected chi connectivity index (χ3v) is 2.30. The predicted molar refractivity (Wildman–Crippen MR) is 53.6 cm³/mol. The van der Waals surface area contributed by atoms with Crippen molar-refractivity contribution < 1.29 is 0 Å². The Kier molecular flexibility index (Phi) is 1.81. The molecule has 0 saturated heterocycles. The molecule has 0 aliphatic rings. The summed E-state index contributed by atoms with van der Waals surface area (Å²) in [5.74, 6) is 0.385. The molecule has 2 aromatic heterocycles. The van der Waals surface area contributed by atoms with Gasteiger partial charge in [0.15, 0.2) is 5.65 Å². The zero-order valence-electron chi connectivity index (χ0n) is 6.57. The molecule has 0 atom stereocenters. The molecule has 0 fully saturated rings. The van der Waals surface area contributed by atoms with Crippen LogP contribution in [0.25, 0.3) is 5.65 Å². The Bertz CT molecular complexity index is 520. The van der Waals surface area contributed by atoms with Crippen LogP contribution >= 0.6 is 15.9 Å². The van der Waals surface area contributed by atoms with Gasteiger partial charge in [-0.25, -0.2) is 0 Å². The molecule has 2 aromatic rings.